The number of ketones is 1. The molecule has 0 N–H and O–H groups in total. The van der Waals surface area contributed by atoms with Crippen LogP contribution in [0.4, 0.5) is 0 Å². The molecule has 2 aromatic rings. The Bertz CT molecular complexity index is 605. The topological polar surface area (TPSA) is 26.3 Å². The van der Waals surface area contributed by atoms with Crippen molar-refractivity contribution in [2.24, 2.45) is 0 Å². The smallest absolute Gasteiger partial charge is 0.168 e. The van der Waals surface area contributed by atoms with Crippen LogP contribution in [0.15, 0.2) is 46.9 Å². The van der Waals surface area contributed by atoms with E-state index < -0.39 is 0 Å². The Balaban J connectivity index is 2.28. The number of aryl methyl sites for hydroxylation is 1. The number of methoxy groups -OCH3 is 1. The van der Waals surface area contributed by atoms with Crippen LogP contribution in [0.1, 0.15) is 21.5 Å². The Labute approximate surface area is 121 Å². The fourth-order valence-electron chi connectivity index (χ4n) is 1.98. The first-order valence-electron chi connectivity index (χ1n) is 6.03. The number of hydrogen-bond acceptors (Lipinski definition) is 2. The monoisotopic (exact) mass is 318 g/mol. The van der Waals surface area contributed by atoms with Crippen LogP contribution in [0.5, 0.6) is 5.75 Å². The molecule has 0 radical (unpaired) electrons. The van der Waals surface area contributed by atoms with Crippen molar-refractivity contribution in [2.75, 3.05) is 7.11 Å². The number of carbonyl (C=O) groups is 1. The molecule has 98 valence electrons. The van der Waals surface area contributed by atoms with Crippen molar-refractivity contribution in [1.82, 2.24) is 0 Å². The molecule has 0 heterocycles. The second kappa shape index (κ2) is 6.02. The third kappa shape index (κ3) is 3.04. The maximum atomic E-state index is 12.4. The lowest BCUT2D eigenvalue weighted by molar-refractivity contribution is 0.0991. The lowest BCUT2D eigenvalue weighted by Gasteiger charge is -2.09. The fraction of sp³-hybridized carbons (Fsp3) is 0.188. The normalized spacial score (nSPS) is 10.3. The number of para-hydroxylation sites is 1. The summed E-state index contributed by atoms with van der Waals surface area (Å²) in [6, 6.07) is 13.3. The van der Waals surface area contributed by atoms with Crippen LogP contribution in [0.2, 0.25) is 0 Å². The molecule has 0 bridgehead atoms. The largest absolute Gasteiger partial charge is 0.496 e. The van der Waals surface area contributed by atoms with Gasteiger partial charge in [-0.3, -0.25) is 4.79 Å². The Morgan fingerprint density at radius 2 is 1.89 bits per heavy atom. The van der Waals surface area contributed by atoms with Crippen molar-refractivity contribution >= 4 is 21.7 Å². The highest BCUT2D eigenvalue weighted by Crippen LogP contribution is 2.24. The summed E-state index contributed by atoms with van der Waals surface area (Å²) >= 11 is 3.48. The molecular weight excluding hydrogens is 304 g/mol. The van der Waals surface area contributed by atoms with Gasteiger partial charge in [-0.15, -0.1) is 0 Å². The Morgan fingerprint density at radius 3 is 2.63 bits per heavy atom. The maximum absolute atomic E-state index is 12.4. The van der Waals surface area contributed by atoms with Crippen LogP contribution in [0.3, 0.4) is 0 Å². The summed E-state index contributed by atoms with van der Waals surface area (Å²) in [6.07, 6.45) is 0.339. The van der Waals surface area contributed by atoms with E-state index in [1.807, 2.05) is 49.4 Å². The van der Waals surface area contributed by atoms with Gasteiger partial charge in [0.2, 0.25) is 0 Å². The molecule has 2 nitrogen and oxygen atoms in total. The lowest BCUT2D eigenvalue weighted by Crippen LogP contribution is -2.06. The molecule has 19 heavy (non-hydrogen) atoms. The van der Waals surface area contributed by atoms with Gasteiger partial charge in [-0.25, -0.2) is 0 Å². The molecule has 0 saturated carbocycles. The van der Waals surface area contributed by atoms with E-state index in [0.29, 0.717) is 12.0 Å². The molecule has 0 aromatic heterocycles. The highest BCUT2D eigenvalue weighted by Gasteiger charge is 2.14. The Morgan fingerprint density at radius 1 is 1.16 bits per heavy atom. The van der Waals surface area contributed by atoms with Gasteiger partial charge in [0.15, 0.2) is 5.78 Å². The molecule has 2 rings (SSSR count). The summed E-state index contributed by atoms with van der Waals surface area (Å²) < 4.78 is 6.14. The van der Waals surface area contributed by atoms with E-state index in [4.69, 9.17) is 4.74 Å². The number of Topliss-reactive ketones (excluding diaryl/α,β-unsaturated/α-hetero) is 1. The zero-order valence-electron chi connectivity index (χ0n) is 10.9. The van der Waals surface area contributed by atoms with E-state index in [1.54, 1.807) is 7.11 Å². The predicted octanol–water partition coefficient (Wildman–Crippen LogP) is 4.19. The molecule has 0 amide bonds. The van der Waals surface area contributed by atoms with Crippen LogP contribution in [-0.2, 0) is 6.42 Å². The molecule has 0 atom stereocenters. The van der Waals surface area contributed by atoms with E-state index in [2.05, 4.69) is 15.9 Å². The van der Waals surface area contributed by atoms with E-state index in [9.17, 15) is 4.79 Å². The lowest BCUT2D eigenvalue weighted by atomic mass is 10.0. The third-order valence-electron chi connectivity index (χ3n) is 3.04. The molecule has 0 fully saturated rings. The van der Waals surface area contributed by atoms with Gasteiger partial charge in [-0.05, 0) is 34.5 Å². The minimum Gasteiger partial charge on any atom is -0.496 e. The van der Waals surface area contributed by atoms with Gasteiger partial charge >= 0.3 is 0 Å². The van der Waals surface area contributed by atoms with Crippen LogP contribution >= 0.6 is 15.9 Å². The highest BCUT2D eigenvalue weighted by molar-refractivity contribution is 9.10. The Hall–Kier alpha value is -1.61. The minimum absolute atomic E-state index is 0.0834. The van der Waals surface area contributed by atoms with E-state index in [1.165, 1.54) is 0 Å². The molecule has 0 aliphatic rings. The zero-order chi connectivity index (χ0) is 13.8. The highest BCUT2D eigenvalue weighted by atomic mass is 79.9. The number of benzene rings is 2. The minimum atomic E-state index is 0.0834. The van der Waals surface area contributed by atoms with Crippen molar-refractivity contribution in [3.8, 4) is 5.75 Å². The Kier molecular flexibility index (Phi) is 4.38. The summed E-state index contributed by atoms with van der Waals surface area (Å²) in [5.41, 5.74) is 2.68. The first-order chi connectivity index (χ1) is 9.13. The first kappa shape index (κ1) is 13.8. The number of carbonyl (C=O) groups excluding carboxylic acids is 1. The summed E-state index contributed by atoms with van der Waals surface area (Å²) in [7, 11) is 1.62. The predicted molar refractivity (Wildman–Crippen MR) is 79.9 cm³/mol. The fourth-order valence-corrected chi connectivity index (χ4v) is 2.47. The van der Waals surface area contributed by atoms with Gasteiger partial charge in [-0.1, -0.05) is 36.4 Å². The van der Waals surface area contributed by atoms with E-state index >= 15 is 0 Å². The number of hydrogen-bond donors (Lipinski definition) is 0. The van der Waals surface area contributed by atoms with Gasteiger partial charge in [-0.2, -0.15) is 0 Å². The number of rotatable bonds is 4. The standard InChI is InChI=1S/C16H15BrO2/c1-11-6-5-8-13(16(11)17)14(18)10-12-7-3-4-9-15(12)19-2/h3-9H,10H2,1-2H3. The molecule has 2 aromatic carbocycles. The number of halogens is 1. The summed E-state index contributed by atoms with van der Waals surface area (Å²) in [5, 5.41) is 0. The van der Waals surface area contributed by atoms with Crippen LogP contribution < -0.4 is 4.74 Å². The second-order valence-corrected chi connectivity index (χ2v) is 5.14. The molecule has 3 heteroatoms. The summed E-state index contributed by atoms with van der Waals surface area (Å²) in [4.78, 5) is 12.4. The van der Waals surface area contributed by atoms with Crippen LogP contribution in [0, 0.1) is 6.92 Å². The van der Waals surface area contributed by atoms with Crippen molar-refractivity contribution in [3.63, 3.8) is 0 Å². The van der Waals surface area contributed by atoms with Gasteiger partial charge in [0.05, 0.1) is 7.11 Å². The van der Waals surface area contributed by atoms with E-state index in [-0.39, 0.29) is 5.78 Å². The molecule has 0 aliphatic carbocycles. The van der Waals surface area contributed by atoms with Gasteiger partial charge < -0.3 is 4.74 Å². The van der Waals surface area contributed by atoms with Crippen molar-refractivity contribution in [3.05, 3.63) is 63.6 Å². The van der Waals surface area contributed by atoms with Gasteiger partial charge in [0, 0.05) is 22.0 Å². The quantitative estimate of drug-likeness (QED) is 0.790. The van der Waals surface area contributed by atoms with Crippen molar-refractivity contribution in [2.45, 2.75) is 13.3 Å². The van der Waals surface area contributed by atoms with Gasteiger partial charge in [0.25, 0.3) is 0 Å². The molecular formula is C16H15BrO2. The van der Waals surface area contributed by atoms with Crippen molar-refractivity contribution in [1.29, 1.82) is 0 Å². The van der Waals surface area contributed by atoms with E-state index in [0.717, 1.165) is 21.3 Å². The SMILES string of the molecule is COc1ccccc1CC(=O)c1cccc(C)c1Br. The first-order valence-corrected chi connectivity index (χ1v) is 6.83. The molecule has 0 aliphatic heterocycles. The second-order valence-electron chi connectivity index (χ2n) is 4.35. The van der Waals surface area contributed by atoms with Gasteiger partial charge in [0.1, 0.15) is 5.75 Å². The maximum Gasteiger partial charge on any atom is 0.168 e. The summed E-state index contributed by atoms with van der Waals surface area (Å²) in [5.74, 6) is 0.833. The zero-order valence-corrected chi connectivity index (χ0v) is 12.5. The third-order valence-corrected chi connectivity index (χ3v) is 4.09. The van der Waals surface area contributed by atoms with Crippen LogP contribution in [0.25, 0.3) is 0 Å². The van der Waals surface area contributed by atoms with Crippen molar-refractivity contribution < 1.29 is 9.53 Å². The number of ether oxygens (including phenoxy) is 1. The van der Waals surface area contributed by atoms with Crippen LogP contribution in [-0.4, -0.2) is 12.9 Å². The average Bonchev–Trinajstić information content (AvgIpc) is 2.42. The molecule has 0 saturated heterocycles. The summed E-state index contributed by atoms with van der Waals surface area (Å²) in [6.45, 7) is 1.98. The molecule has 0 spiro atoms. The molecule has 0 unspecified atom stereocenters. The average molecular weight is 319 g/mol.